The van der Waals surface area contributed by atoms with Gasteiger partial charge in [0.2, 0.25) is 0 Å². The molecular formula is C11H17N5S. The molecule has 92 valence electrons. The van der Waals surface area contributed by atoms with Crippen molar-refractivity contribution in [2.45, 2.75) is 19.4 Å². The Morgan fingerprint density at radius 3 is 3.06 bits per heavy atom. The van der Waals surface area contributed by atoms with Gasteiger partial charge >= 0.3 is 0 Å². The Hall–Kier alpha value is -1.30. The molecule has 0 radical (unpaired) electrons. The summed E-state index contributed by atoms with van der Waals surface area (Å²) in [4.78, 5) is 10.7. The van der Waals surface area contributed by atoms with Crippen molar-refractivity contribution in [3.63, 3.8) is 0 Å². The number of aromatic amines is 1. The number of H-pyrrole nitrogens is 1. The molecule has 0 saturated carbocycles. The number of rotatable bonds is 5. The summed E-state index contributed by atoms with van der Waals surface area (Å²) >= 11 is 1.87. The zero-order chi connectivity index (χ0) is 12.3. The van der Waals surface area contributed by atoms with E-state index >= 15 is 0 Å². The van der Waals surface area contributed by atoms with Crippen molar-refractivity contribution in [3.05, 3.63) is 12.5 Å². The Kier molecular flexibility index (Phi) is 3.83. The predicted molar refractivity (Wildman–Crippen MR) is 72.5 cm³/mol. The average Bonchev–Trinajstić information content (AvgIpc) is 2.82. The first-order valence-electron chi connectivity index (χ1n) is 5.60. The van der Waals surface area contributed by atoms with Gasteiger partial charge in [0.15, 0.2) is 5.65 Å². The van der Waals surface area contributed by atoms with Crippen molar-refractivity contribution >= 4 is 28.6 Å². The fourth-order valence-corrected chi connectivity index (χ4v) is 2.30. The number of hydrogen-bond acceptors (Lipinski definition) is 5. The molecule has 0 aliphatic heterocycles. The zero-order valence-electron chi connectivity index (χ0n) is 10.3. The number of hydrogen-bond donors (Lipinski definition) is 1. The van der Waals surface area contributed by atoms with Crippen LogP contribution < -0.4 is 4.90 Å². The highest BCUT2D eigenvalue weighted by Crippen LogP contribution is 2.22. The molecule has 0 unspecified atom stereocenters. The number of thioether (sulfide) groups is 1. The monoisotopic (exact) mass is 251 g/mol. The third kappa shape index (κ3) is 2.52. The van der Waals surface area contributed by atoms with E-state index in [0.29, 0.717) is 6.04 Å². The smallest absolute Gasteiger partial charge is 0.160 e. The lowest BCUT2D eigenvalue weighted by atomic mass is 10.2. The van der Waals surface area contributed by atoms with Crippen LogP contribution in [0.3, 0.4) is 0 Å². The summed E-state index contributed by atoms with van der Waals surface area (Å²) in [6.07, 6.45) is 6.63. The van der Waals surface area contributed by atoms with Crippen LogP contribution in [-0.4, -0.2) is 45.3 Å². The van der Waals surface area contributed by atoms with Gasteiger partial charge in [-0.05, 0) is 25.4 Å². The molecule has 0 bridgehead atoms. The lowest BCUT2D eigenvalue weighted by Crippen LogP contribution is -2.30. The van der Waals surface area contributed by atoms with Crippen LogP contribution in [0, 0.1) is 0 Å². The molecule has 0 fully saturated rings. The van der Waals surface area contributed by atoms with E-state index in [1.54, 1.807) is 12.5 Å². The van der Waals surface area contributed by atoms with Crippen molar-refractivity contribution in [1.82, 2.24) is 20.2 Å². The topological polar surface area (TPSA) is 57.7 Å². The highest BCUT2D eigenvalue weighted by molar-refractivity contribution is 7.98. The Morgan fingerprint density at radius 1 is 1.47 bits per heavy atom. The van der Waals surface area contributed by atoms with Crippen molar-refractivity contribution in [2.75, 3.05) is 24.0 Å². The molecule has 0 aliphatic rings. The summed E-state index contributed by atoms with van der Waals surface area (Å²) in [5.41, 5.74) is 0.791. The summed E-state index contributed by atoms with van der Waals surface area (Å²) in [6.45, 7) is 2.21. The van der Waals surface area contributed by atoms with E-state index in [9.17, 15) is 0 Å². The van der Waals surface area contributed by atoms with E-state index in [1.165, 1.54) is 0 Å². The molecule has 0 aromatic carbocycles. The van der Waals surface area contributed by atoms with Crippen LogP contribution in [0.1, 0.15) is 13.3 Å². The molecule has 0 aliphatic carbocycles. The van der Waals surface area contributed by atoms with Gasteiger partial charge in [0.05, 0.1) is 11.6 Å². The summed E-state index contributed by atoms with van der Waals surface area (Å²) in [6, 6.07) is 0.454. The molecule has 2 aromatic heterocycles. The number of aromatic nitrogens is 4. The number of nitrogens with one attached hydrogen (secondary N) is 1. The molecule has 0 spiro atoms. The van der Waals surface area contributed by atoms with Crippen LogP contribution in [0.2, 0.25) is 0 Å². The minimum Gasteiger partial charge on any atom is -0.356 e. The van der Waals surface area contributed by atoms with E-state index in [1.807, 2.05) is 11.8 Å². The van der Waals surface area contributed by atoms with Crippen LogP contribution >= 0.6 is 11.8 Å². The standard InChI is InChI=1S/C11H17N5S/c1-8(4-5-17-3)16(2)11-9-6-14-15-10(9)12-7-13-11/h6-8H,4-5H2,1-3H3,(H,12,13,14,15)/t8-/m1/s1. The van der Waals surface area contributed by atoms with E-state index < -0.39 is 0 Å². The molecule has 0 saturated heterocycles. The van der Waals surface area contributed by atoms with Gasteiger partial charge in [-0.1, -0.05) is 0 Å². The summed E-state index contributed by atoms with van der Waals surface area (Å²) < 4.78 is 0. The van der Waals surface area contributed by atoms with Gasteiger partial charge in [-0.25, -0.2) is 9.97 Å². The average molecular weight is 251 g/mol. The largest absolute Gasteiger partial charge is 0.356 e. The fraction of sp³-hybridized carbons (Fsp3) is 0.545. The number of nitrogens with zero attached hydrogens (tertiary/aromatic N) is 4. The van der Waals surface area contributed by atoms with E-state index in [2.05, 4.69) is 45.3 Å². The van der Waals surface area contributed by atoms with E-state index in [0.717, 1.165) is 29.0 Å². The maximum atomic E-state index is 4.36. The van der Waals surface area contributed by atoms with Gasteiger partial charge in [-0.2, -0.15) is 16.9 Å². The Morgan fingerprint density at radius 2 is 2.29 bits per heavy atom. The van der Waals surface area contributed by atoms with Gasteiger partial charge in [-0.3, -0.25) is 5.10 Å². The lowest BCUT2D eigenvalue weighted by molar-refractivity contribution is 0.664. The molecule has 5 nitrogen and oxygen atoms in total. The van der Waals surface area contributed by atoms with E-state index in [4.69, 9.17) is 0 Å². The summed E-state index contributed by atoms with van der Waals surface area (Å²) in [7, 11) is 2.07. The molecule has 2 aromatic rings. The predicted octanol–water partition coefficient (Wildman–Crippen LogP) is 1.93. The first-order valence-corrected chi connectivity index (χ1v) is 6.99. The highest BCUT2D eigenvalue weighted by Gasteiger charge is 2.14. The quantitative estimate of drug-likeness (QED) is 0.880. The Balaban J connectivity index is 2.23. The molecule has 1 atom stereocenters. The van der Waals surface area contributed by atoms with Crippen LogP contribution in [0.4, 0.5) is 5.82 Å². The molecule has 17 heavy (non-hydrogen) atoms. The van der Waals surface area contributed by atoms with Crippen molar-refractivity contribution < 1.29 is 0 Å². The SMILES string of the molecule is CSCC[C@@H](C)N(C)c1ncnc2[nH]ncc12. The molecular weight excluding hydrogens is 234 g/mol. The molecule has 2 rings (SSSR count). The first kappa shape index (κ1) is 12.2. The minimum absolute atomic E-state index is 0.454. The van der Waals surface area contributed by atoms with E-state index in [-0.39, 0.29) is 0 Å². The van der Waals surface area contributed by atoms with Gasteiger partial charge in [-0.15, -0.1) is 0 Å². The second-order valence-electron chi connectivity index (χ2n) is 4.07. The second-order valence-corrected chi connectivity index (χ2v) is 5.06. The normalized spacial score (nSPS) is 12.9. The van der Waals surface area contributed by atoms with Gasteiger partial charge in [0.1, 0.15) is 12.1 Å². The molecule has 6 heteroatoms. The highest BCUT2D eigenvalue weighted by atomic mass is 32.2. The lowest BCUT2D eigenvalue weighted by Gasteiger charge is -2.25. The molecule has 2 heterocycles. The third-order valence-electron chi connectivity index (χ3n) is 2.96. The first-order chi connectivity index (χ1) is 8.24. The maximum absolute atomic E-state index is 4.36. The number of fused-ring (bicyclic) bond motifs is 1. The van der Waals surface area contributed by atoms with Crippen LogP contribution in [0.15, 0.2) is 12.5 Å². The third-order valence-corrected chi connectivity index (χ3v) is 3.61. The molecule has 0 amide bonds. The maximum Gasteiger partial charge on any atom is 0.160 e. The Bertz CT molecular complexity index is 483. The Labute approximate surface area is 105 Å². The summed E-state index contributed by atoms with van der Waals surface area (Å²) in [5.74, 6) is 2.10. The second kappa shape index (κ2) is 5.35. The zero-order valence-corrected chi connectivity index (χ0v) is 11.2. The number of anilines is 1. The minimum atomic E-state index is 0.454. The summed E-state index contributed by atoms with van der Waals surface area (Å²) in [5, 5.41) is 7.85. The van der Waals surface area contributed by atoms with Crippen LogP contribution in [0.25, 0.3) is 11.0 Å². The van der Waals surface area contributed by atoms with Crippen LogP contribution in [-0.2, 0) is 0 Å². The van der Waals surface area contributed by atoms with Crippen molar-refractivity contribution in [1.29, 1.82) is 0 Å². The van der Waals surface area contributed by atoms with Gasteiger partial charge in [0.25, 0.3) is 0 Å². The fourth-order valence-electron chi connectivity index (χ4n) is 1.72. The molecule has 1 N–H and O–H groups in total. The van der Waals surface area contributed by atoms with Crippen LogP contribution in [0.5, 0.6) is 0 Å². The van der Waals surface area contributed by atoms with Gasteiger partial charge < -0.3 is 4.90 Å². The van der Waals surface area contributed by atoms with Gasteiger partial charge in [0, 0.05) is 13.1 Å². The van der Waals surface area contributed by atoms with Crippen molar-refractivity contribution in [2.24, 2.45) is 0 Å². The van der Waals surface area contributed by atoms with Crippen molar-refractivity contribution in [3.8, 4) is 0 Å².